The molecule has 0 saturated heterocycles. The largest absolute Gasteiger partial charge is 0.354 e. The van der Waals surface area contributed by atoms with Crippen LogP contribution in [0.25, 0.3) is 5.69 Å². The van der Waals surface area contributed by atoms with E-state index in [0.29, 0.717) is 5.69 Å². The van der Waals surface area contributed by atoms with Gasteiger partial charge in [-0.15, -0.1) is 0 Å². The van der Waals surface area contributed by atoms with Crippen molar-refractivity contribution in [2.24, 2.45) is 0 Å². The SMILES string of the molecule is CC(C)NC(=O)Cc1n[nH]c(=O)n1-c1ccc(F)c(Cl)c1. The van der Waals surface area contributed by atoms with Crippen molar-refractivity contribution in [1.29, 1.82) is 0 Å². The number of hydrogen-bond donors (Lipinski definition) is 2. The number of H-pyrrole nitrogens is 1. The molecule has 0 bridgehead atoms. The number of aromatic amines is 1. The Hall–Kier alpha value is -2.15. The normalized spacial score (nSPS) is 10.9. The molecule has 0 fully saturated rings. The Balaban J connectivity index is 2.36. The predicted octanol–water partition coefficient (Wildman–Crippen LogP) is 1.42. The van der Waals surface area contributed by atoms with Crippen LogP contribution in [0.3, 0.4) is 0 Å². The second-order valence-corrected chi connectivity index (χ2v) is 5.19. The van der Waals surface area contributed by atoms with E-state index >= 15 is 0 Å². The van der Waals surface area contributed by atoms with Crippen molar-refractivity contribution < 1.29 is 9.18 Å². The van der Waals surface area contributed by atoms with Crippen molar-refractivity contribution in [3.63, 3.8) is 0 Å². The molecule has 0 radical (unpaired) electrons. The van der Waals surface area contributed by atoms with Crippen molar-refractivity contribution in [1.82, 2.24) is 20.1 Å². The van der Waals surface area contributed by atoms with Gasteiger partial charge in [0, 0.05) is 6.04 Å². The minimum Gasteiger partial charge on any atom is -0.354 e. The average Bonchev–Trinajstić information content (AvgIpc) is 2.73. The van der Waals surface area contributed by atoms with Crippen LogP contribution in [0.2, 0.25) is 5.02 Å². The first kappa shape index (κ1) is 15.2. The number of amides is 1. The van der Waals surface area contributed by atoms with Gasteiger partial charge in [-0.05, 0) is 32.0 Å². The maximum Gasteiger partial charge on any atom is 0.347 e. The first-order chi connectivity index (χ1) is 9.88. The molecule has 0 aliphatic carbocycles. The quantitative estimate of drug-likeness (QED) is 0.896. The van der Waals surface area contributed by atoms with Crippen molar-refractivity contribution in [3.05, 3.63) is 45.3 Å². The fraction of sp³-hybridized carbons (Fsp3) is 0.308. The van der Waals surface area contributed by atoms with Crippen LogP contribution in [0.5, 0.6) is 0 Å². The Bertz CT molecular complexity index is 723. The summed E-state index contributed by atoms with van der Waals surface area (Å²) in [5.41, 5.74) is -0.183. The first-order valence-electron chi connectivity index (χ1n) is 6.29. The third-order valence-corrected chi connectivity index (χ3v) is 2.96. The lowest BCUT2D eigenvalue weighted by atomic mass is 10.3. The Kier molecular flexibility index (Phi) is 4.42. The van der Waals surface area contributed by atoms with E-state index in [0.717, 1.165) is 6.07 Å². The molecule has 0 unspecified atom stereocenters. The van der Waals surface area contributed by atoms with E-state index in [1.807, 2.05) is 13.8 Å². The highest BCUT2D eigenvalue weighted by atomic mass is 35.5. The number of hydrogen-bond acceptors (Lipinski definition) is 3. The van der Waals surface area contributed by atoms with Crippen LogP contribution in [0, 0.1) is 5.82 Å². The Labute approximate surface area is 124 Å². The molecule has 112 valence electrons. The molecule has 1 aromatic heterocycles. The molecule has 21 heavy (non-hydrogen) atoms. The van der Waals surface area contributed by atoms with Gasteiger partial charge in [-0.25, -0.2) is 18.9 Å². The molecule has 8 heteroatoms. The number of rotatable bonds is 4. The van der Waals surface area contributed by atoms with Gasteiger partial charge in [0.05, 0.1) is 17.1 Å². The topological polar surface area (TPSA) is 79.8 Å². The van der Waals surface area contributed by atoms with Crippen LogP contribution < -0.4 is 11.0 Å². The molecule has 1 amide bonds. The fourth-order valence-corrected chi connectivity index (χ4v) is 2.03. The van der Waals surface area contributed by atoms with Crippen LogP contribution >= 0.6 is 11.6 Å². The van der Waals surface area contributed by atoms with E-state index in [-0.39, 0.29) is 29.2 Å². The zero-order valence-corrected chi connectivity index (χ0v) is 12.2. The molecular weight excluding hydrogens is 299 g/mol. The van der Waals surface area contributed by atoms with E-state index in [1.54, 1.807) is 0 Å². The van der Waals surface area contributed by atoms with Crippen molar-refractivity contribution in [3.8, 4) is 5.69 Å². The summed E-state index contributed by atoms with van der Waals surface area (Å²) in [6, 6.07) is 3.83. The zero-order chi connectivity index (χ0) is 15.6. The highest BCUT2D eigenvalue weighted by Crippen LogP contribution is 2.18. The highest BCUT2D eigenvalue weighted by molar-refractivity contribution is 6.30. The summed E-state index contributed by atoms with van der Waals surface area (Å²) in [6.07, 6.45) is -0.0775. The van der Waals surface area contributed by atoms with Gasteiger partial charge in [0.2, 0.25) is 5.91 Å². The van der Waals surface area contributed by atoms with Gasteiger partial charge in [0.25, 0.3) is 0 Å². The number of nitrogens with zero attached hydrogens (tertiary/aromatic N) is 2. The highest BCUT2D eigenvalue weighted by Gasteiger charge is 2.15. The minimum absolute atomic E-state index is 0.0168. The maximum absolute atomic E-state index is 13.2. The average molecular weight is 313 g/mol. The van der Waals surface area contributed by atoms with Gasteiger partial charge in [-0.1, -0.05) is 11.6 Å². The van der Waals surface area contributed by atoms with Crippen molar-refractivity contribution in [2.45, 2.75) is 26.3 Å². The Morgan fingerprint density at radius 2 is 2.24 bits per heavy atom. The number of aromatic nitrogens is 3. The molecule has 2 aromatic rings. The summed E-state index contributed by atoms with van der Waals surface area (Å²) in [5, 5.41) is 8.68. The van der Waals surface area contributed by atoms with Crippen LogP contribution in [-0.2, 0) is 11.2 Å². The minimum atomic E-state index is -0.587. The molecule has 0 saturated carbocycles. The van der Waals surface area contributed by atoms with Crippen molar-refractivity contribution >= 4 is 17.5 Å². The van der Waals surface area contributed by atoms with Crippen LogP contribution in [-0.4, -0.2) is 26.7 Å². The van der Waals surface area contributed by atoms with Gasteiger partial charge in [0.1, 0.15) is 11.6 Å². The van der Waals surface area contributed by atoms with Crippen molar-refractivity contribution in [2.75, 3.05) is 0 Å². The zero-order valence-electron chi connectivity index (χ0n) is 11.5. The summed E-state index contributed by atoms with van der Waals surface area (Å²) in [5.74, 6) is -0.629. The predicted molar refractivity (Wildman–Crippen MR) is 76.1 cm³/mol. The molecule has 2 rings (SSSR count). The summed E-state index contributed by atoms with van der Waals surface area (Å²) in [4.78, 5) is 23.6. The van der Waals surface area contributed by atoms with Gasteiger partial charge < -0.3 is 5.32 Å². The second-order valence-electron chi connectivity index (χ2n) is 4.78. The molecule has 0 spiro atoms. The first-order valence-corrected chi connectivity index (χ1v) is 6.67. The number of benzene rings is 1. The number of carbonyl (C=O) groups excluding carboxylic acids is 1. The molecule has 6 nitrogen and oxygen atoms in total. The number of nitrogens with one attached hydrogen (secondary N) is 2. The van der Waals surface area contributed by atoms with Crippen LogP contribution in [0.4, 0.5) is 4.39 Å². The van der Waals surface area contributed by atoms with Crippen LogP contribution in [0.15, 0.2) is 23.0 Å². The van der Waals surface area contributed by atoms with Gasteiger partial charge in [0.15, 0.2) is 0 Å². The van der Waals surface area contributed by atoms with E-state index in [9.17, 15) is 14.0 Å². The van der Waals surface area contributed by atoms with Gasteiger partial charge >= 0.3 is 5.69 Å². The lowest BCUT2D eigenvalue weighted by molar-refractivity contribution is -0.121. The number of halogens is 2. The third-order valence-electron chi connectivity index (χ3n) is 2.67. The molecule has 0 aliphatic rings. The second kappa shape index (κ2) is 6.09. The standard InChI is InChI=1S/C13H14ClFN4O2/c1-7(2)16-12(20)6-11-17-18-13(21)19(11)8-3-4-10(15)9(14)5-8/h3-5,7H,6H2,1-2H3,(H,16,20)(H,18,21). The van der Waals surface area contributed by atoms with E-state index in [1.165, 1.54) is 16.7 Å². The third kappa shape index (κ3) is 3.49. The van der Waals surface area contributed by atoms with E-state index < -0.39 is 11.5 Å². The lowest BCUT2D eigenvalue weighted by Crippen LogP contribution is -2.32. The molecule has 2 N–H and O–H groups in total. The monoisotopic (exact) mass is 312 g/mol. The summed E-state index contributed by atoms with van der Waals surface area (Å²) < 4.78 is 14.4. The molecule has 0 aliphatic heterocycles. The molecule has 1 heterocycles. The summed E-state index contributed by atoms with van der Waals surface area (Å²) in [7, 11) is 0. The van der Waals surface area contributed by atoms with Crippen LogP contribution in [0.1, 0.15) is 19.7 Å². The number of carbonyl (C=O) groups is 1. The summed E-state index contributed by atoms with van der Waals surface area (Å²) in [6.45, 7) is 3.66. The van der Waals surface area contributed by atoms with Gasteiger partial charge in [-0.2, -0.15) is 5.10 Å². The lowest BCUT2D eigenvalue weighted by Gasteiger charge is -2.09. The Morgan fingerprint density at radius 3 is 2.86 bits per heavy atom. The smallest absolute Gasteiger partial charge is 0.347 e. The molecular formula is C13H14ClFN4O2. The van der Waals surface area contributed by atoms with E-state index in [2.05, 4.69) is 15.5 Å². The molecule has 1 aromatic carbocycles. The van der Waals surface area contributed by atoms with E-state index in [4.69, 9.17) is 11.6 Å². The van der Waals surface area contributed by atoms with Gasteiger partial charge in [-0.3, -0.25) is 4.79 Å². The maximum atomic E-state index is 13.2. The summed E-state index contributed by atoms with van der Waals surface area (Å²) >= 11 is 5.71. The Morgan fingerprint density at radius 1 is 1.52 bits per heavy atom. The fourth-order valence-electron chi connectivity index (χ4n) is 1.86. The molecule has 0 atom stereocenters.